The lowest BCUT2D eigenvalue weighted by Crippen LogP contribution is -2.31. The van der Waals surface area contributed by atoms with E-state index in [-0.39, 0.29) is 25.6 Å². The summed E-state index contributed by atoms with van der Waals surface area (Å²) in [5.74, 6) is -0.784. The Labute approximate surface area is 334 Å². The molecule has 0 saturated heterocycles. The number of rotatable bonds is 38. The summed E-state index contributed by atoms with van der Waals surface area (Å²) in [6, 6.07) is 0. The van der Waals surface area contributed by atoms with Crippen LogP contribution in [0.4, 0.5) is 4.79 Å². The van der Waals surface area contributed by atoms with Gasteiger partial charge in [0.05, 0.1) is 0 Å². The van der Waals surface area contributed by atoms with Crippen LogP contribution in [0, 0.1) is 0 Å². The normalized spacial score (nSPS) is 12.1. The van der Waals surface area contributed by atoms with Crippen LogP contribution in [-0.2, 0) is 28.5 Å². The van der Waals surface area contributed by atoms with Crippen molar-refractivity contribution >= 4 is 52.9 Å². The van der Waals surface area contributed by atoms with E-state index in [4.69, 9.17) is 53.8 Å². The van der Waals surface area contributed by atoms with Gasteiger partial charge in [-0.1, -0.05) is 228 Å². The lowest BCUT2D eigenvalue weighted by Gasteiger charge is -2.18. The maximum Gasteiger partial charge on any atom is 0.508 e. The Kier molecular flexibility index (Phi) is 37.7. The van der Waals surface area contributed by atoms with Crippen molar-refractivity contribution in [2.45, 2.75) is 229 Å². The van der Waals surface area contributed by atoms with E-state index in [1.54, 1.807) is 0 Å². The average Bonchev–Trinajstić information content (AvgIpc) is 3.11. The Hall–Kier alpha value is -0.920. The molecule has 0 rings (SSSR count). The molecule has 0 radical (unpaired) electrons. The molecule has 0 aliphatic carbocycles. The molecule has 0 spiro atoms. The molecule has 0 saturated carbocycles. The summed E-state index contributed by atoms with van der Waals surface area (Å²) in [6.45, 7) is 3.48. The van der Waals surface area contributed by atoms with Gasteiger partial charge in [0.25, 0.3) is 0 Å². The molecule has 7 nitrogen and oxygen atoms in total. The highest BCUT2D eigenvalue weighted by atomic mass is 35.6. The summed E-state index contributed by atoms with van der Waals surface area (Å²) < 4.78 is 19.0. The first-order valence-electron chi connectivity index (χ1n) is 21.4. The quantitative estimate of drug-likeness (QED) is 0.0266. The zero-order valence-electron chi connectivity index (χ0n) is 33.3. The van der Waals surface area contributed by atoms with Crippen LogP contribution >= 0.6 is 34.8 Å². The highest BCUT2D eigenvalue weighted by Gasteiger charge is 2.24. The van der Waals surface area contributed by atoms with Gasteiger partial charge in [0.2, 0.25) is 3.79 Å². The van der Waals surface area contributed by atoms with E-state index < -0.39 is 28.6 Å². The standard InChI is InChI=1S/C42H77Cl3O7/c1-3-5-7-9-11-13-15-17-19-21-23-25-27-29-31-33-39(46)49-35-38(36-50-41(48)51-37-42(43,44)45)52-40(47)34-32-30-28-26-24-22-20-18-16-14-12-10-8-6-4-2/h38H,3-37H2,1-2H3/t38-/m0/s1. The van der Waals surface area contributed by atoms with E-state index in [2.05, 4.69) is 13.8 Å². The number of hydrogen-bond donors (Lipinski definition) is 0. The average molecular weight is 800 g/mol. The number of unbranched alkanes of at least 4 members (excludes halogenated alkanes) is 28. The number of ether oxygens (including phenoxy) is 4. The van der Waals surface area contributed by atoms with Crippen molar-refractivity contribution in [2.75, 3.05) is 19.8 Å². The van der Waals surface area contributed by atoms with Gasteiger partial charge < -0.3 is 18.9 Å². The van der Waals surface area contributed by atoms with Gasteiger partial charge in [-0.25, -0.2) is 4.79 Å². The largest absolute Gasteiger partial charge is 0.508 e. The van der Waals surface area contributed by atoms with Crippen molar-refractivity contribution in [3.05, 3.63) is 0 Å². The third-order valence-electron chi connectivity index (χ3n) is 9.44. The smallest absolute Gasteiger partial charge is 0.462 e. The number of halogens is 3. The molecule has 0 heterocycles. The van der Waals surface area contributed by atoms with E-state index in [0.29, 0.717) is 12.8 Å². The van der Waals surface area contributed by atoms with Gasteiger partial charge in [0.15, 0.2) is 6.10 Å². The second kappa shape index (κ2) is 38.4. The molecule has 0 N–H and O–H groups in total. The first-order valence-corrected chi connectivity index (χ1v) is 22.5. The fraction of sp³-hybridized carbons (Fsp3) is 0.929. The molecule has 308 valence electrons. The maximum atomic E-state index is 12.6. The summed E-state index contributed by atoms with van der Waals surface area (Å²) in [5.41, 5.74) is 0. The number of hydrogen-bond acceptors (Lipinski definition) is 7. The van der Waals surface area contributed by atoms with Gasteiger partial charge in [0.1, 0.15) is 19.8 Å². The van der Waals surface area contributed by atoms with Crippen LogP contribution in [0.25, 0.3) is 0 Å². The van der Waals surface area contributed by atoms with Crippen LogP contribution in [0.15, 0.2) is 0 Å². The molecule has 0 bridgehead atoms. The molecular formula is C42H77Cl3O7. The van der Waals surface area contributed by atoms with Crippen molar-refractivity contribution in [1.29, 1.82) is 0 Å². The molecule has 0 aromatic carbocycles. The predicted octanol–water partition coefficient (Wildman–Crippen LogP) is 14.5. The van der Waals surface area contributed by atoms with Crippen LogP contribution in [0.5, 0.6) is 0 Å². The Morgan fingerprint density at radius 2 is 0.731 bits per heavy atom. The summed E-state index contributed by atoms with van der Waals surface area (Å²) in [7, 11) is 0. The molecule has 1 atom stereocenters. The number of carbonyl (C=O) groups excluding carboxylic acids is 3. The molecule has 0 aromatic heterocycles. The molecule has 10 heteroatoms. The fourth-order valence-corrected chi connectivity index (χ4v) is 6.41. The monoisotopic (exact) mass is 798 g/mol. The minimum atomic E-state index is -1.78. The van der Waals surface area contributed by atoms with Crippen LogP contribution in [0.2, 0.25) is 0 Å². The minimum absolute atomic E-state index is 0.208. The molecule has 0 unspecified atom stereocenters. The Morgan fingerprint density at radius 1 is 0.423 bits per heavy atom. The summed E-state index contributed by atoms with van der Waals surface area (Å²) >= 11 is 16.9. The third kappa shape index (κ3) is 40.3. The van der Waals surface area contributed by atoms with Gasteiger partial charge in [-0.15, -0.1) is 0 Å². The Balaban J connectivity index is 4.15. The van der Waals surface area contributed by atoms with E-state index >= 15 is 0 Å². The number of alkyl halides is 3. The van der Waals surface area contributed by atoms with Gasteiger partial charge in [0, 0.05) is 12.8 Å². The van der Waals surface area contributed by atoms with Crippen molar-refractivity contribution < 1.29 is 33.3 Å². The lowest BCUT2D eigenvalue weighted by molar-refractivity contribution is -0.162. The van der Waals surface area contributed by atoms with Crippen molar-refractivity contribution in [2.24, 2.45) is 0 Å². The molecule has 0 amide bonds. The Morgan fingerprint density at radius 3 is 1.08 bits per heavy atom. The first-order chi connectivity index (χ1) is 25.2. The number of esters is 2. The van der Waals surface area contributed by atoms with Crippen LogP contribution in [0.3, 0.4) is 0 Å². The lowest BCUT2D eigenvalue weighted by atomic mass is 10.0. The highest BCUT2D eigenvalue weighted by molar-refractivity contribution is 6.67. The highest BCUT2D eigenvalue weighted by Crippen LogP contribution is 2.26. The van der Waals surface area contributed by atoms with E-state index in [1.807, 2.05) is 0 Å². The second-order valence-corrected chi connectivity index (χ2v) is 17.2. The maximum absolute atomic E-state index is 12.6. The SMILES string of the molecule is CCCCCCCCCCCCCCCCCC(=O)OC[C@@H](COC(=O)OCC(Cl)(Cl)Cl)OC(=O)CCCCCCCCCCCCCCCCC. The predicted molar refractivity (Wildman–Crippen MR) is 218 cm³/mol. The summed E-state index contributed by atoms with van der Waals surface area (Å²) in [4.78, 5) is 36.9. The van der Waals surface area contributed by atoms with E-state index in [9.17, 15) is 14.4 Å². The van der Waals surface area contributed by atoms with Crippen molar-refractivity contribution in [3.8, 4) is 0 Å². The van der Waals surface area contributed by atoms with Crippen LogP contribution in [-0.4, -0.2) is 47.8 Å². The van der Waals surface area contributed by atoms with Gasteiger partial charge >= 0.3 is 18.1 Å². The zero-order valence-corrected chi connectivity index (χ0v) is 35.6. The van der Waals surface area contributed by atoms with Crippen molar-refractivity contribution in [1.82, 2.24) is 0 Å². The van der Waals surface area contributed by atoms with Gasteiger partial charge in [-0.05, 0) is 12.8 Å². The fourth-order valence-electron chi connectivity index (χ4n) is 6.24. The summed E-state index contributed by atoms with van der Waals surface area (Å²) in [6.07, 6.45) is 36.0. The molecule has 52 heavy (non-hydrogen) atoms. The number of carbonyl (C=O) groups is 3. The topological polar surface area (TPSA) is 88.1 Å². The third-order valence-corrected chi connectivity index (χ3v) is 9.77. The minimum Gasteiger partial charge on any atom is -0.462 e. The van der Waals surface area contributed by atoms with Gasteiger partial charge in [-0.2, -0.15) is 0 Å². The first kappa shape index (κ1) is 51.1. The Bertz CT molecular complexity index is 822. The second-order valence-electron chi connectivity index (χ2n) is 14.7. The van der Waals surface area contributed by atoms with Crippen molar-refractivity contribution in [3.63, 3.8) is 0 Å². The van der Waals surface area contributed by atoms with E-state index in [0.717, 1.165) is 32.1 Å². The molecule has 0 fully saturated rings. The molecular weight excluding hydrogens is 723 g/mol. The zero-order chi connectivity index (χ0) is 38.4. The molecule has 0 aromatic rings. The summed E-state index contributed by atoms with van der Waals surface area (Å²) in [5, 5.41) is 0. The molecule has 0 aliphatic rings. The van der Waals surface area contributed by atoms with Crippen LogP contribution < -0.4 is 0 Å². The van der Waals surface area contributed by atoms with Crippen LogP contribution in [0.1, 0.15) is 219 Å². The van der Waals surface area contributed by atoms with Gasteiger partial charge in [-0.3, -0.25) is 9.59 Å². The van der Waals surface area contributed by atoms with E-state index in [1.165, 1.54) is 154 Å². The molecule has 0 aliphatic heterocycles.